The van der Waals surface area contributed by atoms with Gasteiger partial charge in [-0.05, 0) is 26.3 Å². The van der Waals surface area contributed by atoms with E-state index in [-0.39, 0.29) is 12.4 Å². The third kappa shape index (κ3) is 2.86. The SMILES string of the molecule is CC1(OCCCl)OC(C(O)c2ccccc2)C(=O)C1(C)C. The molecular weight excluding hydrogens is 292 g/mol. The van der Waals surface area contributed by atoms with Gasteiger partial charge in [-0.2, -0.15) is 0 Å². The van der Waals surface area contributed by atoms with Gasteiger partial charge in [0.1, 0.15) is 12.2 Å². The Morgan fingerprint density at radius 3 is 2.52 bits per heavy atom. The molecule has 1 saturated heterocycles. The number of ketones is 1. The Morgan fingerprint density at radius 2 is 1.95 bits per heavy atom. The first-order valence-corrected chi connectivity index (χ1v) is 7.52. The molecule has 0 amide bonds. The predicted octanol–water partition coefficient (Wildman–Crippen LogP) is 2.69. The van der Waals surface area contributed by atoms with E-state index >= 15 is 0 Å². The Morgan fingerprint density at radius 1 is 1.33 bits per heavy atom. The molecule has 3 unspecified atom stereocenters. The third-order valence-electron chi connectivity index (χ3n) is 4.24. The molecule has 0 aromatic heterocycles. The van der Waals surface area contributed by atoms with Crippen LogP contribution in [0.4, 0.5) is 0 Å². The summed E-state index contributed by atoms with van der Waals surface area (Å²) in [6, 6.07) is 9.01. The number of Topliss-reactive ketones (excluding diaryl/α,β-unsaturated/α-hetero) is 1. The van der Waals surface area contributed by atoms with Gasteiger partial charge in [0.15, 0.2) is 11.6 Å². The highest BCUT2D eigenvalue weighted by Gasteiger charge is 2.60. The lowest BCUT2D eigenvalue weighted by molar-refractivity contribution is -0.257. The van der Waals surface area contributed by atoms with E-state index in [0.29, 0.717) is 11.4 Å². The van der Waals surface area contributed by atoms with Crippen molar-refractivity contribution in [3.8, 4) is 0 Å². The summed E-state index contributed by atoms with van der Waals surface area (Å²) >= 11 is 5.65. The molecule has 0 saturated carbocycles. The molecule has 1 fully saturated rings. The number of carbonyl (C=O) groups excluding carboxylic acids is 1. The van der Waals surface area contributed by atoms with Gasteiger partial charge in [0, 0.05) is 5.88 Å². The predicted molar refractivity (Wildman–Crippen MR) is 80.1 cm³/mol. The maximum absolute atomic E-state index is 12.6. The van der Waals surface area contributed by atoms with E-state index in [1.165, 1.54) is 0 Å². The normalized spacial score (nSPS) is 29.6. The van der Waals surface area contributed by atoms with Crippen LogP contribution in [0.15, 0.2) is 30.3 Å². The van der Waals surface area contributed by atoms with E-state index in [4.69, 9.17) is 21.1 Å². The molecule has 1 aliphatic rings. The lowest BCUT2D eigenvalue weighted by Gasteiger charge is -2.34. The molecule has 2 rings (SSSR count). The quantitative estimate of drug-likeness (QED) is 0.849. The van der Waals surface area contributed by atoms with Crippen LogP contribution in [0.5, 0.6) is 0 Å². The number of alkyl halides is 1. The van der Waals surface area contributed by atoms with E-state index in [0.717, 1.165) is 0 Å². The second kappa shape index (κ2) is 6.05. The summed E-state index contributed by atoms with van der Waals surface area (Å²) < 4.78 is 11.5. The zero-order valence-electron chi connectivity index (χ0n) is 12.5. The Labute approximate surface area is 130 Å². The number of ether oxygens (including phenoxy) is 2. The van der Waals surface area contributed by atoms with Crippen molar-refractivity contribution in [2.45, 2.75) is 38.8 Å². The van der Waals surface area contributed by atoms with Crippen molar-refractivity contribution < 1.29 is 19.4 Å². The summed E-state index contributed by atoms with van der Waals surface area (Å²) in [6.45, 7) is 5.53. The number of hydrogen-bond donors (Lipinski definition) is 1. The highest BCUT2D eigenvalue weighted by atomic mass is 35.5. The minimum atomic E-state index is -1.10. The van der Waals surface area contributed by atoms with Crippen LogP contribution < -0.4 is 0 Å². The number of carbonyl (C=O) groups is 1. The standard InChI is InChI=1S/C16H21ClO4/c1-15(2)14(19)13(21-16(15,3)20-10-9-17)12(18)11-7-5-4-6-8-11/h4-8,12-13,18H,9-10H2,1-3H3. The zero-order chi connectivity index (χ0) is 15.7. The number of aliphatic hydroxyl groups excluding tert-OH is 1. The molecular formula is C16H21ClO4. The number of rotatable bonds is 5. The Kier molecular flexibility index (Phi) is 4.73. The molecule has 1 aromatic rings. The van der Waals surface area contributed by atoms with Gasteiger partial charge < -0.3 is 14.6 Å². The van der Waals surface area contributed by atoms with Crippen LogP contribution >= 0.6 is 11.6 Å². The largest absolute Gasteiger partial charge is 0.385 e. The van der Waals surface area contributed by atoms with Gasteiger partial charge in [-0.15, -0.1) is 11.6 Å². The fraction of sp³-hybridized carbons (Fsp3) is 0.562. The maximum Gasteiger partial charge on any atom is 0.178 e. The average Bonchev–Trinajstić information content (AvgIpc) is 2.66. The van der Waals surface area contributed by atoms with E-state index in [1.54, 1.807) is 32.9 Å². The molecule has 1 N–H and O–H groups in total. The van der Waals surface area contributed by atoms with Crippen molar-refractivity contribution in [1.29, 1.82) is 0 Å². The molecule has 1 aromatic carbocycles. The summed E-state index contributed by atoms with van der Waals surface area (Å²) in [5, 5.41) is 10.5. The molecule has 0 spiro atoms. The van der Waals surface area contributed by atoms with Gasteiger partial charge >= 0.3 is 0 Å². The summed E-state index contributed by atoms with van der Waals surface area (Å²) in [6.07, 6.45) is -1.96. The van der Waals surface area contributed by atoms with Crippen LogP contribution in [0.2, 0.25) is 0 Å². The fourth-order valence-corrected chi connectivity index (χ4v) is 2.58. The van der Waals surface area contributed by atoms with E-state index in [1.807, 2.05) is 18.2 Å². The molecule has 1 heterocycles. The summed E-state index contributed by atoms with van der Waals surface area (Å²) in [4.78, 5) is 12.6. The molecule has 0 radical (unpaired) electrons. The minimum absolute atomic E-state index is 0.170. The first-order chi connectivity index (χ1) is 9.83. The molecule has 4 nitrogen and oxygen atoms in total. The highest BCUT2D eigenvalue weighted by molar-refractivity contribution is 6.17. The molecule has 5 heteroatoms. The second-order valence-corrected chi connectivity index (χ2v) is 6.24. The molecule has 0 aliphatic carbocycles. The summed E-state index contributed by atoms with van der Waals surface area (Å²) in [5.41, 5.74) is -0.215. The second-order valence-electron chi connectivity index (χ2n) is 5.87. The molecule has 1 aliphatic heterocycles. The minimum Gasteiger partial charge on any atom is -0.385 e. The van der Waals surface area contributed by atoms with Crippen molar-refractivity contribution in [3.05, 3.63) is 35.9 Å². The van der Waals surface area contributed by atoms with Crippen LogP contribution in [0.1, 0.15) is 32.4 Å². The first kappa shape index (κ1) is 16.4. The van der Waals surface area contributed by atoms with Crippen molar-refractivity contribution >= 4 is 17.4 Å². The van der Waals surface area contributed by atoms with Gasteiger partial charge in [-0.1, -0.05) is 30.3 Å². The van der Waals surface area contributed by atoms with Gasteiger partial charge in [-0.25, -0.2) is 0 Å². The van der Waals surface area contributed by atoms with Gasteiger partial charge in [0.25, 0.3) is 0 Å². The lowest BCUT2D eigenvalue weighted by Crippen LogP contribution is -2.44. The fourth-order valence-electron chi connectivity index (χ4n) is 2.50. The molecule has 116 valence electrons. The zero-order valence-corrected chi connectivity index (χ0v) is 13.3. The van der Waals surface area contributed by atoms with E-state index in [9.17, 15) is 9.90 Å². The molecule has 21 heavy (non-hydrogen) atoms. The Bertz CT molecular complexity index is 502. The van der Waals surface area contributed by atoms with Crippen molar-refractivity contribution in [2.75, 3.05) is 12.5 Å². The topological polar surface area (TPSA) is 55.8 Å². The van der Waals surface area contributed by atoms with Crippen molar-refractivity contribution in [1.82, 2.24) is 0 Å². The first-order valence-electron chi connectivity index (χ1n) is 6.98. The number of benzene rings is 1. The number of halogens is 1. The van der Waals surface area contributed by atoms with Crippen LogP contribution in [0.3, 0.4) is 0 Å². The van der Waals surface area contributed by atoms with Crippen LogP contribution in [-0.2, 0) is 14.3 Å². The Balaban J connectivity index is 2.25. The molecule has 0 bridgehead atoms. The smallest absolute Gasteiger partial charge is 0.178 e. The number of aliphatic hydroxyl groups is 1. The summed E-state index contributed by atoms with van der Waals surface area (Å²) in [5.74, 6) is -0.954. The van der Waals surface area contributed by atoms with Crippen molar-refractivity contribution in [2.24, 2.45) is 5.41 Å². The van der Waals surface area contributed by atoms with Crippen LogP contribution in [0, 0.1) is 5.41 Å². The van der Waals surface area contributed by atoms with Crippen LogP contribution in [-0.4, -0.2) is 35.3 Å². The highest BCUT2D eigenvalue weighted by Crippen LogP contribution is 2.47. The van der Waals surface area contributed by atoms with Crippen LogP contribution in [0.25, 0.3) is 0 Å². The summed E-state index contributed by atoms with van der Waals surface area (Å²) in [7, 11) is 0. The van der Waals surface area contributed by atoms with Gasteiger partial charge in [0.2, 0.25) is 0 Å². The van der Waals surface area contributed by atoms with Gasteiger partial charge in [-0.3, -0.25) is 4.79 Å². The number of hydrogen-bond acceptors (Lipinski definition) is 4. The monoisotopic (exact) mass is 312 g/mol. The molecule has 3 atom stereocenters. The average molecular weight is 313 g/mol. The maximum atomic E-state index is 12.6. The third-order valence-corrected chi connectivity index (χ3v) is 4.40. The van der Waals surface area contributed by atoms with E-state index < -0.39 is 23.4 Å². The van der Waals surface area contributed by atoms with Gasteiger partial charge in [0.05, 0.1) is 12.0 Å². The van der Waals surface area contributed by atoms with E-state index in [2.05, 4.69) is 0 Å². The Hall–Kier alpha value is -0.940. The lowest BCUT2D eigenvalue weighted by atomic mass is 9.79. The van der Waals surface area contributed by atoms with Crippen molar-refractivity contribution in [3.63, 3.8) is 0 Å².